The Bertz CT molecular complexity index is 347. The second-order valence-corrected chi connectivity index (χ2v) is 6.84. The molecule has 0 radical (unpaired) electrons. The average Bonchev–Trinajstić information content (AvgIpc) is 2.40. The number of hydrogen-bond donors (Lipinski definition) is 0. The van der Waals surface area contributed by atoms with Gasteiger partial charge >= 0.3 is 0 Å². The van der Waals surface area contributed by atoms with E-state index in [1.54, 1.807) is 0 Å². The molecule has 0 aromatic rings. The Hall–Kier alpha value is -0.590. The fraction of sp³-hybridized carbons (Fsp3) is 0.933. The molecule has 0 aromatic carbocycles. The first-order valence-corrected chi connectivity index (χ1v) is 7.57. The van der Waals surface area contributed by atoms with Crippen molar-refractivity contribution < 1.29 is 4.74 Å². The van der Waals surface area contributed by atoms with Crippen molar-refractivity contribution in [3.05, 3.63) is 0 Å². The highest BCUT2D eigenvalue weighted by atomic mass is 16.5. The minimum Gasteiger partial charge on any atom is -0.379 e. The normalized spacial score (nSPS) is 51.3. The van der Waals surface area contributed by atoms with E-state index in [2.05, 4.69) is 11.0 Å². The van der Waals surface area contributed by atoms with Gasteiger partial charge in [-0.2, -0.15) is 5.26 Å². The molecule has 1 aliphatic heterocycles. The zero-order valence-electron chi connectivity index (χ0n) is 11.0. The van der Waals surface area contributed by atoms with Crippen LogP contribution in [0.15, 0.2) is 0 Å². The summed E-state index contributed by atoms with van der Waals surface area (Å²) in [5.41, 5.74) is -0.128. The first kappa shape index (κ1) is 11.3. The Morgan fingerprint density at radius 1 is 0.944 bits per heavy atom. The summed E-state index contributed by atoms with van der Waals surface area (Å²) < 4.78 is 5.48. The van der Waals surface area contributed by atoms with Crippen molar-refractivity contribution in [2.45, 2.75) is 37.6 Å². The first-order chi connectivity index (χ1) is 8.83. The molecule has 98 valence electrons. The van der Waals surface area contributed by atoms with Crippen molar-refractivity contribution in [2.75, 3.05) is 26.3 Å². The lowest BCUT2D eigenvalue weighted by Crippen LogP contribution is -2.67. The summed E-state index contributed by atoms with van der Waals surface area (Å²) in [6.07, 6.45) is 6.73. The van der Waals surface area contributed by atoms with Crippen molar-refractivity contribution >= 4 is 0 Å². The molecule has 1 saturated heterocycles. The molecule has 0 N–H and O–H groups in total. The quantitative estimate of drug-likeness (QED) is 0.710. The lowest BCUT2D eigenvalue weighted by Gasteiger charge is -2.62. The molecule has 5 aliphatic rings. The summed E-state index contributed by atoms with van der Waals surface area (Å²) in [6.45, 7) is 3.57. The van der Waals surface area contributed by atoms with Gasteiger partial charge in [-0.1, -0.05) is 0 Å². The minimum absolute atomic E-state index is 0.128. The van der Waals surface area contributed by atoms with Crippen LogP contribution in [0.4, 0.5) is 0 Å². The van der Waals surface area contributed by atoms with Gasteiger partial charge in [-0.3, -0.25) is 4.90 Å². The summed E-state index contributed by atoms with van der Waals surface area (Å²) >= 11 is 0. The van der Waals surface area contributed by atoms with Crippen molar-refractivity contribution in [2.24, 2.45) is 23.7 Å². The minimum atomic E-state index is -0.128. The maximum atomic E-state index is 9.97. The molecule has 3 nitrogen and oxygen atoms in total. The summed E-state index contributed by atoms with van der Waals surface area (Å²) in [7, 11) is 0. The van der Waals surface area contributed by atoms with Gasteiger partial charge in [0, 0.05) is 13.1 Å². The number of nitriles is 1. The molecule has 1 heterocycles. The third kappa shape index (κ3) is 1.37. The topological polar surface area (TPSA) is 36.3 Å². The maximum Gasteiger partial charge on any atom is 0.115 e. The van der Waals surface area contributed by atoms with Gasteiger partial charge in [0.15, 0.2) is 0 Å². The van der Waals surface area contributed by atoms with Crippen LogP contribution < -0.4 is 0 Å². The van der Waals surface area contributed by atoms with Crippen LogP contribution in [0, 0.1) is 35.0 Å². The summed E-state index contributed by atoms with van der Waals surface area (Å²) in [5, 5.41) is 9.97. The molecule has 4 aliphatic carbocycles. The van der Waals surface area contributed by atoms with Crippen LogP contribution >= 0.6 is 0 Å². The second-order valence-electron chi connectivity index (χ2n) is 6.84. The molecule has 4 bridgehead atoms. The molecule has 4 saturated carbocycles. The van der Waals surface area contributed by atoms with Crippen molar-refractivity contribution in [1.29, 1.82) is 5.26 Å². The van der Waals surface area contributed by atoms with Gasteiger partial charge in [0.05, 0.1) is 19.3 Å². The number of nitrogens with zero attached hydrogens (tertiary/aromatic N) is 2. The van der Waals surface area contributed by atoms with Crippen molar-refractivity contribution in [1.82, 2.24) is 4.90 Å². The van der Waals surface area contributed by atoms with E-state index in [1.165, 1.54) is 32.1 Å². The van der Waals surface area contributed by atoms with Crippen LogP contribution in [0.1, 0.15) is 32.1 Å². The second kappa shape index (κ2) is 3.95. The number of rotatable bonds is 1. The van der Waals surface area contributed by atoms with E-state index < -0.39 is 0 Å². The van der Waals surface area contributed by atoms with Crippen LogP contribution in [0.3, 0.4) is 0 Å². The van der Waals surface area contributed by atoms with Crippen LogP contribution in [0.5, 0.6) is 0 Å². The number of morpholine rings is 1. The predicted octanol–water partition coefficient (Wildman–Crippen LogP) is 2.04. The van der Waals surface area contributed by atoms with E-state index in [-0.39, 0.29) is 5.54 Å². The number of hydrogen-bond acceptors (Lipinski definition) is 3. The van der Waals surface area contributed by atoms with E-state index in [9.17, 15) is 5.26 Å². The lowest BCUT2D eigenvalue weighted by atomic mass is 9.48. The molecular formula is C15H22N2O. The smallest absolute Gasteiger partial charge is 0.115 e. The largest absolute Gasteiger partial charge is 0.379 e. The van der Waals surface area contributed by atoms with Gasteiger partial charge in [-0.05, 0) is 55.8 Å². The predicted molar refractivity (Wildman–Crippen MR) is 67.8 cm³/mol. The van der Waals surface area contributed by atoms with E-state index >= 15 is 0 Å². The van der Waals surface area contributed by atoms with Gasteiger partial charge < -0.3 is 4.74 Å². The van der Waals surface area contributed by atoms with E-state index in [0.29, 0.717) is 11.8 Å². The monoisotopic (exact) mass is 246 g/mol. The Balaban J connectivity index is 1.69. The highest BCUT2D eigenvalue weighted by molar-refractivity contribution is 5.22. The molecular weight excluding hydrogens is 224 g/mol. The molecule has 5 rings (SSSR count). The van der Waals surface area contributed by atoms with E-state index in [4.69, 9.17) is 4.74 Å². The summed E-state index contributed by atoms with van der Waals surface area (Å²) in [5.74, 6) is 3.18. The Kier molecular flexibility index (Phi) is 2.47. The standard InChI is InChI=1S/C15H22N2O/c16-10-15(17-1-3-18-4-2-17)13-6-11-5-12(8-13)9-14(15)7-11/h11-14H,1-9H2. The summed E-state index contributed by atoms with van der Waals surface area (Å²) in [4.78, 5) is 2.49. The van der Waals surface area contributed by atoms with Crippen molar-refractivity contribution in [3.63, 3.8) is 0 Å². The van der Waals surface area contributed by atoms with Crippen LogP contribution in [-0.4, -0.2) is 36.7 Å². The average molecular weight is 246 g/mol. The summed E-state index contributed by atoms with van der Waals surface area (Å²) in [6, 6.07) is 2.80. The highest BCUT2D eigenvalue weighted by Crippen LogP contribution is 2.60. The molecule has 0 amide bonds. The molecule has 18 heavy (non-hydrogen) atoms. The number of ether oxygens (including phenoxy) is 1. The Morgan fingerprint density at radius 3 is 2.00 bits per heavy atom. The molecule has 0 aromatic heterocycles. The molecule has 0 spiro atoms. The SMILES string of the molecule is N#CC1(N2CCOCC2)C2CC3CC(C2)CC1C3. The van der Waals surface area contributed by atoms with Gasteiger partial charge in [-0.25, -0.2) is 0 Å². The molecule has 0 unspecified atom stereocenters. The fourth-order valence-electron chi connectivity index (χ4n) is 5.61. The maximum absolute atomic E-state index is 9.97. The Morgan fingerprint density at radius 2 is 1.50 bits per heavy atom. The van der Waals surface area contributed by atoms with Gasteiger partial charge in [0.25, 0.3) is 0 Å². The molecule has 3 heteroatoms. The van der Waals surface area contributed by atoms with Crippen molar-refractivity contribution in [3.8, 4) is 6.07 Å². The molecule has 0 atom stereocenters. The highest BCUT2D eigenvalue weighted by Gasteiger charge is 2.60. The van der Waals surface area contributed by atoms with E-state index in [0.717, 1.165) is 38.1 Å². The van der Waals surface area contributed by atoms with Gasteiger partial charge in [0.1, 0.15) is 5.54 Å². The first-order valence-electron chi connectivity index (χ1n) is 7.57. The van der Waals surface area contributed by atoms with Crippen LogP contribution in [-0.2, 0) is 4.74 Å². The van der Waals surface area contributed by atoms with Crippen LogP contribution in [0.2, 0.25) is 0 Å². The third-order valence-corrected chi connectivity index (χ3v) is 6.10. The molecule has 5 fully saturated rings. The zero-order chi connectivity index (χ0) is 12.2. The van der Waals surface area contributed by atoms with Crippen LogP contribution in [0.25, 0.3) is 0 Å². The zero-order valence-corrected chi connectivity index (χ0v) is 11.0. The van der Waals surface area contributed by atoms with Gasteiger partial charge in [-0.15, -0.1) is 0 Å². The Labute approximate surface area is 109 Å². The third-order valence-electron chi connectivity index (χ3n) is 6.10. The van der Waals surface area contributed by atoms with E-state index in [1.807, 2.05) is 0 Å². The lowest BCUT2D eigenvalue weighted by molar-refractivity contribution is -0.128. The van der Waals surface area contributed by atoms with Gasteiger partial charge in [0.2, 0.25) is 0 Å². The fourth-order valence-corrected chi connectivity index (χ4v) is 5.61.